The second kappa shape index (κ2) is 10.1. The molecule has 2 aromatic carbocycles. The fourth-order valence-corrected chi connectivity index (χ4v) is 3.79. The molecule has 8 heteroatoms. The number of ether oxygens (including phenoxy) is 1. The van der Waals surface area contributed by atoms with Crippen LogP contribution in [-0.2, 0) is 23.5 Å². The predicted octanol–water partition coefficient (Wildman–Crippen LogP) is 3.58. The Morgan fingerprint density at radius 2 is 2.03 bits per heavy atom. The number of hydrogen-bond acceptors (Lipinski definition) is 5. The van der Waals surface area contributed by atoms with E-state index in [1.807, 2.05) is 48.5 Å². The summed E-state index contributed by atoms with van der Waals surface area (Å²) in [6, 6.07) is 16.3. The summed E-state index contributed by atoms with van der Waals surface area (Å²) in [6.45, 7) is 0.368. The van der Waals surface area contributed by atoms with E-state index in [-0.39, 0.29) is 17.9 Å². The second-order valence-corrected chi connectivity index (χ2v) is 7.60. The molecule has 0 saturated carbocycles. The van der Waals surface area contributed by atoms with Gasteiger partial charge in [0.1, 0.15) is 5.75 Å². The van der Waals surface area contributed by atoms with Crippen LogP contribution in [0.5, 0.6) is 5.75 Å². The van der Waals surface area contributed by atoms with Crippen molar-refractivity contribution in [2.24, 2.45) is 0 Å². The van der Waals surface area contributed by atoms with E-state index in [0.717, 1.165) is 16.9 Å². The molecule has 0 atom stereocenters. The molecule has 3 aromatic rings. The third-order valence-electron chi connectivity index (χ3n) is 4.06. The van der Waals surface area contributed by atoms with Gasteiger partial charge in [-0.2, -0.15) is 0 Å². The van der Waals surface area contributed by atoms with Gasteiger partial charge in [-0.1, -0.05) is 53.7 Å². The van der Waals surface area contributed by atoms with Crippen molar-refractivity contribution in [3.63, 3.8) is 0 Å². The molecule has 150 valence electrons. The first kappa shape index (κ1) is 21.0. The summed E-state index contributed by atoms with van der Waals surface area (Å²) in [5, 5.41) is 3.95. The minimum atomic E-state index is -0.294. The lowest BCUT2D eigenvalue weighted by Crippen LogP contribution is -2.25. The lowest BCUT2D eigenvalue weighted by Gasteiger charge is -2.08. The number of hydrogen-bond donors (Lipinski definition) is 2. The number of aromatic nitrogens is 2. The lowest BCUT2D eigenvalue weighted by molar-refractivity contribution is -0.120. The molecular weight excluding hydrogens is 410 g/mol. The molecule has 29 heavy (non-hydrogen) atoms. The fourth-order valence-electron chi connectivity index (χ4n) is 2.61. The molecule has 0 saturated heterocycles. The van der Waals surface area contributed by atoms with Gasteiger partial charge in [-0.05, 0) is 29.3 Å². The molecule has 3 rings (SSSR count). The summed E-state index contributed by atoms with van der Waals surface area (Å²) in [5.74, 6) is 1.08. The van der Waals surface area contributed by atoms with Crippen LogP contribution in [0.1, 0.15) is 16.8 Å². The molecule has 6 nitrogen and oxygen atoms in total. The monoisotopic (exact) mass is 429 g/mol. The highest BCUT2D eigenvalue weighted by Gasteiger charge is 2.09. The van der Waals surface area contributed by atoms with Gasteiger partial charge >= 0.3 is 0 Å². The topological polar surface area (TPSA) is 84.1 Å². The maximum absolute atomic E-state index is 12.3. The van der Waals surface area contributed by atoms with Gasteiger partial charge in [0, 0.05) is 23.4 Å². The summed E-state index contributed by atoms with van der Waals surface area (Å²) in [6.07, 6.45) is 0.0214. The lowest BCUT2D eigenvalue weighted by atomic mass is 10.2. The van der Waals surface area contributed by atoms with Gasteiger partial charge in [0.15, 0.2) is 5.16 Å². The van der Waals surface area contributed by atoms with Crippen molar-refractivity contribution in [3.05, 3.63) is 86.8 Å². The van der Waals surface area contributed by atoms with Crippen LogP contribution in [0, 0.1) is 0 Å². The maximum Gasteiger partial charge on any atom is 0.251 e. The van der Waals surface area contributed by atoms with Crippen LogP contribution in [0.4, 0.5) is 0 Å². The van der Waals surface area contributed by atoms with E-state index in [4.69, 9.17) is 16.3 Å². The Morgan fingerprint density at radius 3 is 2.83 bits per heavy atom. The summed E-state index contributed by atoms with van der Waals surface area (Å²) in [5.41, 5.74) is 1.99. The highest BCUT2D eigenvalue weighted by atomic mass is 35.5. The first-order valence-electron chi connectivity index (χ1n) is 8.89. The molecule has 1 amide bonds. The average Bonchev–Trinajstić information content (AvgIpc) is 2.71. The van der Waals surface area contributed by atoms with Crippen LogP contribution in [0.25, 0.3) is 0 Å². The van der Waals surface area contributed by atoms with Crippen molar-refractivity contribution in [2.75, 3.05) is 7.11 Å². The van der Waals surface area contributed by atoms with E-state index in [1.54, 1.807) is 7.11 Å². The first-order chi connectivity index (χ1) is 14.0. The van der Waals surface area contributed by atoms with Crippen molar-refractivity contribution in [1.82, 2.24) is 15.3 Å². The van der Waals surface area contributed by atoms with Crippen LogP contribution in [0.2, 0.25) is 5.02 Å². The summed E-state index contributed by atoms with van der Waals surface area (Å²) >= 11 is 7.52. The van der Waals surface area contributed by atoms with Crippen LogP contribution in [0.15, 0.2) is 64.5 Å². The van der Waals surface area contributed by atoms with Crippen molar-refractivity contribution < 1.29 is 9.53 Å². The van der Waals surface area contributed by atoms with E-state index in [0.29, 0.717) is 28.2 Å². The van der Waals surface area contributed by atoms with Crippen molar-refractivity contribution in [3.8, 4) is 5.75 Å². The number of carbonyl (C=O) groups excluding carboxylic acids is 1. The Morgan fingerprint density at radius 1 is 1.21 bits per heavy atom. The Balaban J connectivity index is 1.59. The molecule has 0 aliphatic rings. The van der Waals surface area contributed by atoms with Crippen LogP contribution in [0.3, 0.4) is 0 Å². The van der Waals surface area contributed by atoms with E-state index in [9.17, 15) is 9.59 Å². The molecule has 1 heterocycles. The molecule has 0 radical (unpaired) electrons. The molecule has 0 aliphatic carbocycles. The summed E-state index contributed by atoms with van der Waals surface area (Å²) in [4.78, 5) is 31.3. The maximum atomic E-state index is 12.3. The number of aromatic amines is 1. The molecule has 0 fully saturated rings. The zero-order valence-corrected chi connectivity index (χ0v) is 17.3. The molecule has 0 spiro atoms. The number of rotatable bonds is 8. The van der Waals surface area contributed by atoms with E-state index >= 15 is 0 Å². The van der Waals surface area contributed by atoms with Gasteiger partial charge in [0.05, 0.1) is 19.2 Å². The summed E-state index contributed by atoms with van der Waals surface area (Å²) in [7, 11) is 1.59. The van der Waals surface area contributed by atoms with Crippen LogP contribution in [-0.4, -0.2) is 23.0 Å². The van der Waals surface area contributed by atoms with E-state index < -0.39 is 0 Å². The fraction of sp³-hybridized carbons (Fsp3) is 0.190. The minimum absolute atomic E-state index is 0.0214. The zero-order chi connectivity index (χ0) is 20.6. The molecule has 2 N–H and O–H groups in total. The van der Waals surface area contributed by atoms with Crippen molar-refractivity contribution >= 4 is 29.3 Å². The number of methoxy groups -OCH3 is 1. The van der Waals surface area contributed by atoms with Crippen molar-refractivity contribution in [2.45, 2.75) is 23.9 Å². The molecule has 0 unspecified atom stereocenters. The van der Waals surface area contributed by atoms with Gasteiger partial charge in [0.25, 0.3) is 5.56 Å². The highest BCUT2D eigenvalue weighted by Crippen LogP contribution is 2.24. The quantitative estimate of drug-likeness (QED) is 0.422. The standard InChI is InChI=1S/C21H20ClN3O3S/c1-28-17-7-4-5-14(9-17)12-23-19(26)10-16-11-20(27)25-21(24-16)29-13-15-6-2-3-8-18(15)22/h2-9,11H,10,12-13H2,1H3,(H,23,26)(H,24,25,27). The molecule has 0 bridgehead atoms. The SMILES string of the molecule is COc1cccc(CNC(=O)Cc2cc(=O)[nH]c(SCc3ccccc3Cl)n2)c1. The van der Waals surface area contributed by atoms with Crippen LogP contribution >= 0.6 is 23.4 Å². The number of halogens is 1. The number of nitrogens with one attached hydrogen (secondary N) is 2. The average molecular weight is 430 g/mol. The molecule has 1 aromatic heterocycles. The largest absolute Gasteiger partial charge is 0.497 e. The molecular formula is C21H20ClN3O3S. The van der Waals surface area contributed by atoms with Crippen molar-refractivity contribution in [1.29, 1.82) is 0 Å². The number of carbonyl (C=O) groups is 1. The first-order valence-corrected chi connectivity index (χ1v) is 10.3. The van der Waals surface area contributed by atoms with Crippen LogP contribution < -0.4 is 15.6 Å². The number of nitrogens with zero attached hydrogens (tertiary/aromatic N) is 1. The van der Waals surface area contributed by atoms with Gasteiger partial charge in [-0.3, -0.25) is 9.59 Å². The van der Waals surface area contributed by atoms with Gasteiger partial charge in [-0.15, -0.1) is 0 Å². The third-order valence-corrected chi connectivity index (χ3v) is 5.35. The number of thioether (sulfide) groups is 1. The van der Waals surface area contributed by atoms with E-state index in [1.165, 1.54) is 17.8 Å². The number of benzene rings is 2. The number of amides is 1. The smallest absolute Gasteiger partial charge is 0.251 e. The minimum Gasteiger partial charge on any atom is -0.497 e. The Labute approximate surface area is 177 Å². The predicted molar refractivity (Wildman–Crippen MR) is 114 cm³/mol. The Hall–Kier alpha value is -2.77. The zero-order valence-electron chi connectivity index (χ0n) is 15.8. The van der Waals surface area contributed by atoms with Gasteiger partial charge < -0.3 is 15.0 Å². The Kier molecular flexibility index (Phi) is 7.32. The van der Waals surface area contributed by atoms with Gasteiger partial charge in [0.2, 0.25) is 5.91 Å². The second-order valence-electron chi connectivity index (χ2n) is 6.23. The summed E-state index contributed by atoms with van der Waals surface area (Å²) < 4.78 is 5.17. The normalized spacial score (nSPS) is 10.6. The molecule has 0 aliphatic heterocycles. The Bertz CT molecular complexity index is 1060. The highest BCUT2D eigenvalue weighted by molar-refractivity contribution is 7.98. The van der Waals surface area contributed by atoms with E-state index in [2.05, 4.69) is 15.3 Å². The number of H-pyrrole nitrogens is 1. The van der Waals surface area contributed by atoms with Gasteiger partial charge in [-0.25, -0.2) is 4.98 Å². The third kappa shape index (κ3) is 6.37.